The van der Waals surface area contributed by atoms with Crippen LogP contribution in [0.25, 0.3) is 10.7 Å². The molecule has 3 nitrogen and oxygen atoms in total. The van der Waals surface area contributed by atoms with Crippen LogP contribution < -0.4 is 5.73 Å². The molecule has 0 saturated heterocycles. The summed E-state index contributed by atoms with van der Waals surface area (Å²) < 4.78 is 0. The van der Waals surface area contributed by atoms with Gasteiger partial charge in [0.1, 0.15) is 5.82 Å². The van der Waals surface area contributed by atoms with Gasteiger partial charge in [-0.1, -0.05) is 13.8 Å². The molecule has 4 heteroatoms. The van der Waals surface area contributed by atoms with E-state index in [1.54, 1.807) is 11.3 Å². The standard InChI is InChI=1S/C12H15N3S/c1-3-8-7-11(13)15-12(14-8)10-6-5-9(4-2)16-10/h5-7H,3-4H2,1-2H3,(H2,13,14,15). The van der Waals surface area contributed by atoms with Crippen molar-refractivity contribution in [1.29, 1.82) is 0 Å². The van der Waals surface area contributed by atoms with Crippen molar-refractivity contribution < 1.29 is 0 Å². The number of nitrogen functional groups attached to an aromatic ring is 1. The normalized spacial score (nSPS) is 10.6. The molecule has 0 spiro atoms. The van der Waals surface area contributed by atoms with Crippen LogP contribution in [0.5, 0.6) is 0 Å². The predicted molar refractivity (Wildman–Crippen MR) is 68.5 cm³/mol. The molecule has 0 atom stereocenters. The van der Waals surface area contributed by atoms with E-state index < -0.39 is 0 Å². The van der Waals surface area contributed by atoms with Crippen molar-refractivity contribution in [3.63, 3.8) is 0 Å². The highest BCUT2D eigenvalue weighted by Gasteiger charge is 2.07. The maximum Gasteiger partial charge on any atom is 0.171 e. The number of anilines is 1. The largest absolute Gasteiger partial charge is 0.384 e. The van der Waals surface area contributed by atoms with Crippen LogP contribution in [-0.2, 0) is 12.8 Å². The number of rotatable bonds is 3. The van der Waals surface area contributed by atoms with E-state index in [2.05, 4.69) is 35.9 Å². The van der Waals surface area contributed by atoms with Crippen LogP contribution in [0.3, 0.4) is 0 Å². The van der Waals surface area contributed by atoms with Crippen LogP contribution in [0.2, 0.25) is 0 Å². The zero-order chi connectivity index (χ0) is 11.5. The molecule has 2 aromatic rings. The van der Waals surface area contributed by atoms with Crippen LogP contribution in [0, 0.1) is 0 Å². The first-order valence-electron chi connectivity index (χ1n) is 5.45. The molecule has 0 unspecified atom stereocenters. The van der Waals surface area contributed by atoms with E-state index in [9.17, 15) is 0 Å². The second-order valence-corrected chi connectivity index (χ2v) is 4.75. The molecule has 0 bridgehead atoms. The summed E-state index contributed by atoms with van der Waals surface area (Å²) in [5.74, 6) is 1.30. The second-order valence-electron chi connectivity index (χ2n) is 3.58. The molecule has 0 aliphatic carbocycles. The highest BCUT2D eigenvalue weighted by molar-refractivity contribution is 7.15. The Bertz CT molecular complexity index is 491. The highest BCUT2D eigenvalue weighted by Crippen LogP contribution is 2.26. The van der Waals surface area contributed by atoms with E-state index in [-0.39, 0.29) is 0 Å². The minimum atomic E-state index is 0.549. The zero-order valence-electron chi connectivity index (χ0n) is 9.53. The molecule has 0 saturated carbocycles. The average Bonchev–Trinajstić information content (AvgIpc) is 2.76. The molecule has 0 aliphatic heterocycles. The first-order chi connectivity index (χ1) is 7.72. The molecule has 2 N–H and O–H groups in total. The van der Waals surface area contributed by atoms with Gasteiger partial charge in [-0.25, -0.2) is 9.97 Å². The maximum atomic E-state index is 5.77. The van der Waals surface area contributed by atoms with Crippen LogP contribution in [0.4, 0.5) is 5.82 Å². The molecular weight excluding hydrogens is 218 g/mol. The van der Waals surface area contributed by atoms with Gasteiger partial charge >= 0.3 is 0 Å². The fraction of sp³-hybridized carbons (Fsp3) is 0.333. The van der Waals surface area contributed by atoms with Gasteiger partial charge in [-0.05, 0) is 25.0 Å². The minimum absolute atomic E-state index is 0.549. The summed E-state index contributed by atoms with van der Waals surface area (Å²) in [6.07, 6.45) is 1.93. The van der Waals surface area contributed by atoms with Crippen LogP contribution in [0.1, 0.15) is 24.4 Å². The Hall–Kier alpha value is -1.42. The molecule has 0 radical (unpaired) electrons. The Balaban J connectivity index is 2.42. The molecule has 0 fully saturated rings. The molecule has 0 amide bonds. The zero-order valence-corrected chi connectivity index (χ0v) is 10.3. The third kappa shape index (κ3) is 2.22. The lowest BCUT2D eigenvalue weighted by Crippen LogP contribution is -1.98. The summed E-state index contributed by atoms with van der Waals surface area (Å²) in [5, 5.41) is 0. The van der Waals surface area contributed by atoms with Gasteiger partial charge in [0.25, 0.3) is 0 Å². The molecule has 0 aromatic carbocycles. The SMILES string of the molecule is CCc1cc(N)nc(-c2ccc(CC)s2)n1. The maximum absolute atomic E-state index is 5.77. The highest BCUT2D eigenvalue weighted by atomic mass is 32.1. The van der Waals surface area contributed by atoms with Gasteiger partial charge in [0.05, 0.1) is 4.88 Å². The van der Waals surface area contributed by atoms with Crippen molar-refractivity contribution >= 4 is 17.2 Å². The van der Waals surface area contributed by atoms with Gasteiger partial charge in [-0.15, -0.1) is 11.3 Å². The monoisotopic (exact) mass is 233 g/mol. The van der Waals surface area contributed by atoms with Gasteiger partial charge in [-0.3, -0.25) is 0 Å². The summed E-state index contributed by atoms with van der Waals surface area (Å²) in [7, 11) is 0. The van der Waals surface area contributed by atoms with Gasteiger partial charge in [0, 0.05) is 16.6 Å². The second kappa shape index (κ2) is 4.61. The third-order valence-corrected chi connectivity index (χ3v) is 3.62. The predicted octanol–water partition coefficient (Wildman–Crippen LogP) is 2.91. The summed E-state index contributed by atoms with van der Waals surface area (Å²) in [5.41, 5.74) is 6.76. The Labute approximate surface area is 99.4 Å². The number of aromatic nitrogens is 2. The number of hydrogen-bond donors (Lipinski definition) is 1. The molecule has 2 rings (SSSR count). The van der Waals surface area contributed by atoms with E-state index in [4.69, 9.17) is 5.73 Å². The first-order valence-corrected chi connectivity index (χ1v) is 6.27. The number of hydrogen-bond acceptors (Lipinski definition) is 4. The van der Waals surface area contributed by atoms with E-state index in [1.807, 2.05) is 6.07 Å². The third-order valence-electron chi connectivity index (χ3n) is 2.39. The Morgan fingerprint density at radius 2 is 2.00 bits per heavy atom. The van der Waals surface area contributed by atoms with Gasteiger partial charge in [0.2, 0.25) is 0 Å². The average molecular weight is 233 g/mol. The van der Waals surface area contributed by atoms with Crippen LogP contribution >= 0.6 is 11.3 Å². The molecule has 84 valence electrons. The Morgan fingerprint density at radius 3 is 2.62 bits per heavy atom. The lowest BCUT2D eigenvalue weighted by Gasteiger charge is -2.01. The summed E-state index contributed by atoms with van der Waals surface area (Å²) >= 11 is 1.73. The molecule has 16 heavy (non-hydrogen) atoms. The van der Waals surface area contributed by atoms with Gasteiger partial charge in [-0.2, -0.15) is 0 Å². The van der Waals surface area contributed by atoms with Crippen molar-refractivity contribution in [3.05, 3.63) is 28.8 Å². The molecule has 0 aliphatic rings. The van der Waals surface area contributed by atoms with Gasteiger partial charge < -0.3 is 5.73 Å². The quantitative estimate of drug-likeness (QED) is 0.886. The van der Waals surface area contributed by atoms with Crippen LogP contribution in [0.15, 0.2) is 18.2 Å². The van der Waals surface area contributed by atoms with Crippen molar-refractivity contribution in [2.75, 3.05) is 5.73 Å². The summed E-state index contributed by atoms with van der Waals surface area (Å²) in [4.78, 5) is 11.2. The Morgan fingerprint density at radius 1 is 1.19 bits per heavy atom. The van der Waals surface area contributed by atoms with Gasteiger partial charge in [0.15, 0.2) is 5.82 Å². The van der Waals surface area contributed by atoms with E-state index in [0.29, 0.717) is 5.82 Å². The first kappa shape index (κ1) is 11.1. The van der Waals surface area contributed by atoms with Crippen LogP contribution in [-0.4, -0.2) is 9.97 Å². The number of nitrogens with two attached hydrogens (primary N) is 1. The summed E-state index contributed by atoms with van der Waals surface area (Å²) in [6, 6.07) is 6.02. The molecule has 2 aromatic heterocycles. The van der Waals surface area contributed by atoms with E-state index in [0.717, 1.165) is 29.2 Å². The lowest BCUT2D eigenvalue weighted by atomic mass is 10.3. The summed E-state index contributed by atoms with van der Waals surface area (Å²) in [6.45, 7) is 4.21. The minimum Gasteiger partial charge on any atom is -0.384 e. The van der Waals surface area contributed by atoms with Crippen molar-refractivity contribution in [3.8, 4) is 10.7 Å². The molecule has 2 heterocycles. The lowest BCUT2D eigenvalue weighted by molar-refractivity contribution is 1.01. The van der Waals surface area contributed by atoms with E-state index >= 15 is 0 Å². The fourth-order valence-corrected chi connectivity index (χ4v) is 2.38. The van der Waals surface area contributed by atoms with Crippen molar-refractivity contribution in [1.82, 2.24) is 9.97 Å². The van der Waals surface area contributed by atoms with Crippen molar-refractivity contribution in [2.45, 2.75) is 26.7 Å². The fourth-order valence-electron chi connectivity index (χ4n) is 1.50. The Kier molecular flexibility index (Phi) is 3.19. The number of aryl methyl sites for hydroxylation is 2. The van der Waals surface area contributed by atoms with Crippen molar-refractivity contribution in [2.24, 2.45) is 0 Å². The smallest absolute Gasteiger partial charge is 0.171 e. The van der Waals surface area contributed by atoms with E-state index in [1.165, 1.54) is 4.88 Å². The molecular formula is C12H15N3S. The number of nitrogens with zero attached hydrogens (tertiary/aromatic N) is 2. The topological polar surface area (TPSA) is 51.8 Å². The number of thiophene rings is 1.